The molecule has 0 aliphatic carbocycles. The lowest BCUT2D eigenvalue weighted by Crippen LogP contribution is -2.26. The van der Waals surface area contributed by atoms with Crippen LogP contribution in [0.15, 0.2) is 24.3 Å². The molecule has 0 aromatic heterocycles. The van der Waals surface area contributed by atoms with E-state index in [1.54, 1.807) is 7.05 Å². The number of nitrogens with zero attached hydrogens (tertiary/aromatic N) is 1. The molecule has 1 rings (SSSR count). The molecule has 0 fully saturated rings. The third-order valence-electron chi connectivity index (χ3n) is 2.53. The molecule has 18 heavy (non-hydrogen) atoms. The lowest BCUT2D eigenvalue weighted by Gasteiger charge is -2.17. The summed E-state index contributed by atoms with van der Waals surface area (Å²) < 4.78 is 5.47. The Balaban J connectivity index is 2.64. The van der Waals surface area contributed by atoms with Crippen LogP contribution in [0.4, 0.5) is 0 Å². The number of carbonyl (C=O) groups is 1. The topological polar surface area (TPSA) is 61.8 Å². The van der Waals surface area contributed by atoms with Crippen molar-refractivity contribution in [3.05, 3.63) is 29.8 Å². The zero-order valence-corrected chi connectivity index (χ0v) is 10.8. The average Bonchev–Trinajstić information content (AvgIpc) is 2.37. The van der Waals surface area contributed by atoms with Gasteiger partial charge in [0.15, 0.2) is 6.61 Å². The van der Waals surface area contributed by atoms with Crippen LogP contribution >= 0.6 is 0 Å². The number of aliphatic hydroxyl groups is 1. The van der Waals surface area contributed by atoms with Gasteiger partial charge in [-0.25, -0.2) is 0 Å². The van der Waals surface area contributed by atoms with Crippen LogP contribution in [0.25, 0.3) is 0 Å². The number of carbonyl (C=O) groups excluding carboxylic acids is 1. The second kappa shape index (κ2) is 7.68. The van der Waals surface area contributed by atoms with E-state index >= 15 is 0 Å². The first kappa shape index (κ1) is 14.5. The number of rotatable bonds is 7. The Morgan fingerprint density at radius 2 is 2.17 bits per heavy atom. The summed E-state index contributed by atoms with van der Waals surface area (Å²) in [5.74, 6) is 0.541. The molecular weight excluding hydrogens is 232 g/mol. The van der Waals surface area contributed by atoms with Crippen molar-refractivity contribution in [2.45, 2.75) is 6.54 Å². The zero-order valence-electron chi connectivity index (χ0n) is 10.8. The fourth-order valence-electron chi connectivity index (χ4n) is 1.53. The molecule has 0 atom stereocenters. The molecule has 0 unspecified atom stereocenters. The van der Waals surface area contributed by atoms with Crippen molar-refractivity contribution in [3.8, 4) is 5.75 Å². The van der Waals surface area contributed by atoms with Crippen LogP contribution in [0.1, 0.15) is 5.56 Å². The van der Waals surface area contributed by atoms with Crippen molar-refractivity contribution in [1.29, 1.82) is 0 Å². The van der Waals surface area contributed by atoms with E-state index in [4.69, 9.17) is 9.84 Å². The quantitative estimate of drug-likeness (QED) is 0.729. The Labute approximate surface area is 107 Å². The van der Waals surface area contributed by atoms with Crippen molar-refractivity contribution >= 4 is 5.91 Å². The summed E-state index contributed by atoms with van der Waals surface area (Å²) in [5, 5.41) is 11.4. The van der Waals surface area contributed by atoms with Gasteiger partial charge in [0.2, 0.25) is 0 Å². The highest BCUT2D eigenvalue weighted by Gasteiger charge is 2.07. The van der Waals surface area contributed by atoms with Crippen molar-refractivity contribution in [2.24, 2.45) is 0 Å². The number of hydrogen-bond acceptors (Lipinski definition) is 4. The molecule has 100 valence electrons. The highest BCUT2D eigenvalue weighted by molar-refractivity contribution is 5.77. The van der Waals surface area contributed by atoms with Gasteiger partial charge in [0.25, 0.3) is 5.91 Å². The molecule has 0 radical (unpaired) electrons. The first-order valence-corrected chi connectivity index (χ1v) is 5.88. The Kier molecular flexibility index (Phi) is 6.18. The second-order valence-corrected chi connectivity index (χ2v) is 4.03. The lowest BCUT2D eigenvalue weighted by molar-refractivity contribution is -0.122. The minimum absolute atomic E-state index is 0.0111. The highest BCUT2D eigenvalue weighted by atomic mass is 16.5. The molecule has 5 nitrogen and oxygen atoms in total. The summed E-state index contributed by atoms with van der Waals surface area (Å²) >= 11 is 0. The maximum absolute atomic E-state index is 11.1. The summed E-state index contributed by atoms with van der Waals surface area (Å²) in [6.07, 6.45) is 0. The molecule has 0 aliphatic rings. The molecule has 0 saturated carbocycles. The number of aliphatic hydroxyl groups excluding tert-OH is 1. The van der Waals surface area contributed by atoms with Gasteiger partial charge < -0.3 is 15.2 Å². The summed E-state index contributed by atoms with van der Waals surface area (Å²) in [6, 6.07) is 7.59. The van der Waals surface area contributed by atoms with E-state index in [1.807, 2.05) is 36.2 Å². The summed E-state index contributed by atoms with van der Waals surface area (Å²) in [7, 11) is 3.50. The van der Waals surface area contributed by atoms with Crippen molar-refractivity contribution in [1.82, 2.24) is 10.2 Å². The second-order valence-electron chi connectivity index (χ2n) is 4.03. The van der Waals surface area contributed by atoms with E-state index in [9.17, 15) is 4.79 Å². The molecule has 1 amide bonds. The van der Waals surface area contributed by atoms with Crippen LogP contribution in [-0.4, -0.2) is 49.8 Å². The molecule has 0 bridgehead atoms. The van der Waals surface area contributed by atoms with Crippen LogP contribution in [0.2, 0.25) is 0 Å². The highest BCUT2D eigenvalue weighted by Crippen LogP contribution is 2.19. The number of amides is 1. The Bertz CT molecular complexity index is 382. The van der Waals surface area contributed by atoms with Crippen LogP contribution in [0.3, 0.4) is 0 Å². The first-order valence-electron chi connectivity index (χ1n) is 5.88. The zero-order chi connectivity index (χ0) is 13.4. The largest absolute Gasteiger partial charge is 0.483 e. The third-order valence-corrected chi connectivity index (χ3v) is 2.53. The SMILES string of the molecule is CNC(=O)COc1ccccc1CN(C)CCO. The number of benzene rings is 1. The van der Waals surface area contributed by atoms with Gasteiger partial charge in [-0.15, -0.1) is 0 Å². The molecule has 0 spiro atoms. The van der Waals surface area contributed by atoms with Gasteiger partial charge in [-0.05, 0) is 13.1 Å². The van der Waals surface area contributed by atoms with Gasteiger partial charge >= 0.3 is 0 Å². The number of para-hydroxylation sites is 1. The van der Waals surface area contributed by atoms with E-state index in [2.05, 4.69) is 5.32 Å². The number of ether oxygens (including phenoxy) is 1. The van der Waals surface area contributed by atoms with E-state index in [-0.39, 0.29) is 19.1 Å². The van der Waals surface area contributed by atoms with E-state index < -0.39 is 0 Å². The first-order chi connectivity index (χ1) is 8.67. The molecule has 0 aliphatic heterocycles. The third kappa shape index (κ3) is 4.73. The van der Waals surface area contributed by atoms with E-state index in [0.29, 0.717) is 18.8 Å². The van der Waals surface area contributed by atoms with Gasteiger partial charge in [0.05, 0.1) is 6.61 Å². The molecule has 5 heteroatoms. The molecule has 0 saturated heterocycles. The minimum atomic E-state index is -0.159. The van der Waals surface area contributed by atoms with Gasteiger partial charge in [-0.2, -0.15) is 0 Å². The van der Waals surface area contributed by atoms with Crippen molar-refractivity contribution in [2.75, 3.05) is 33.9 Å². The fourth-order valence-corrected chi connectivity index (χ4v) is 1.53. The predicted octanol–water partition coefficient (Wildman–Crippen LogP) is 0.235. The minimum Gasteiger partial charge on any atom is -0.483 e. The van der Waals surface area contributed by atoms with Crippen molar-refractivity contribution in [3.63, 3.8) is 0 Å². The molecule has 0 heterocycles. The molecule has 1 aromatic carbocycles. The van der Waals surface area contributed by atoms with Crippen LogP contribution in [0.5, 0.6) is 5.75 Å². The van der Waals surface area contributed by atoms with Crippen LogP contribution in [0, 0.1) is 0 Å². The summed E-state index contributed by atoms with van der Waals surface area (Å²) in [6.45, 7) is 1.41. The number of hydrogen-bond donors (Lipinski definition) is 2. The standard InChI is InChI=1S/C13H20N2O3/c1-14-13(17)10-18-12-6-4-3-5-11(12)9-15(2)7-8-16/h3-6,16H,7-10H2,1-2H3,(H,14,17). The molecular formula is C13H20N2O3. The maximum Gasteiger partial charge on any atom is 0.257 e. The maximum atomic E-state index is 11.1. The van der Waals surface area contributed by atoms with E-state index in [0.717, 1.165) is 5.56 Å². The van der Waals surface area contributed by atoms with Crippen LogP contribution < -0.4 is 10.1 Å². The van der Waals surface area contributed by atoms with Gasteiger partial charge in [-0.3, -0.25) is 9.69 Å². The number of likely N-dealkylation sites (N-methyl/N-ethyl adjacent to an activating group) is 2. The summed E-state index contributed by atoms with van der Waals surface area (Å²) in [4.78, 5) is 13.1. The fraction of sp³-hybridized carbons (Fsp3) is 0.462. The van der Waals surface area contributed by atoms with E-state index in [1.165, 1.54) is 0 Å². The summed E-state index contributed by atoms with van der Waals surface area (Å²) in [5.41, 5.74) is 0.998. The predicted molar refractivity (Wildman–Crippen MR) is 69.4 cm³/mol. The smallest absolute Gasteiger partial charge is 0.257 e. The average molecular weight is 252 g/mol. The normalized spacial score (nSPS) is 10.4. The van der Waals surface area contributed by atoms with Crippen molar-refractivity contribution < 1.29 is 14.6 Å². The number of nitrogens with one attached hydrogen (secondary N) is 1. The Morgan fingerprint density at radius 1 is 1.44 bits per heavy atom. The van der Waals surface area contributed by atoms with Gasteiger partial charge in [0.1, 0.15) is 5.75 Å². The van der Waals surface area contributed by atoms with Gasteiger partial charge in [-0.1, -0.05) is 18.2 Å². The van der Waals surface area contributed by atoms with Gasteiger partial charge in [0, 0.05) is 25.7 Å². The Hall–Kier alpha value is -1.59. The lowest BCUT2D eigenvalue weighted by atomic mass is 10.2. The van der Waals surface area contributed by atoms with Crippen LogP contribution in [-0.2, 0) is 11.3 Å². The Morgan fingerprint density at radius 3 is 2.83 bits per heavy atom. The molecule has 1 aromatic rings. The molecule has 2 N–H and O–H groups in total. The monoisotopic (exact) mass is 252 g/mol.